The molecule has 1 aromatic carbocycles. The van der Waals surface area contributed by atoms with E-state index in [0.717, 1.165) is 12.1 Å². The van der Waals surface area contributed by atoms with Crippen LogP contribution in [0.4, 0.5) is 8.78 Å². The van der Waals surface area contributed by atoms with Crippen LogP contribution in [0, 0.1) is 0 Å². The molecule has 1 aromatic rings. The second-order valence-electron chi connectivity index (χ2n) is 2.57. The van der Waals surface area contributed by atoms with Crippen molar-refractivity contribution < 1.29 is 8.78 Å². The number of hydrogen-bond acceptors (Lipinski definition) is 1. The second kappa shape index (κ2) is 3.78. The van der Waals surface area contributed by atoms with Crippen molar-refractivity contribution in [3.63, 3.8) is 0 Å². The molecule has 0 spiro atoms. The Labute approximate surface area is 84.4 Å². The molecule has 1 nitrogen and oxygen atoms in total. The third-order valence-electron chi connectivity index (χ3n) is 1.54. The van der Waals surface area contributed by atoms with E-state index in [9.17, 15) is 8.78 Å². The summed E-state index contributed by atoms with van der Waals surface area (Å²) in [6, 6.07) is 3.69. The van der Waals surface area contributed by atoms with Gasteiger partial charge in [0.15, 0.2) is 0 Å². The predicted octanol–water partition coefficient (Wildman–Crippen LogP) is 3.04. The van der Waals surface area contributed by atoms with Crippen molar-refractivity contribution in [3.05, 3.63) is 33.8 Å². The van der Waals surface area contributed by atoms with Gasteiger partial charge >= 0.3 is 0 Å². The molecule has 0 aliphatic carbocycles. The van der Waals surface area contributed by atoms with Gasteiger partial charge in [0, 0.05) is 15.6 Å². The number of hydrogen-bond donors (Lipinski definition) is 1. The lowest BCUT2D eigenvalue weighted by molar-refractivity contribution is 0.00596. The Balaban J connectivity index is 3.15. The molecule has 5 heteroatoms. The van der Waals surface area contributed by atoms with E-state index in [1.54, 1.807) is 0 Å². The monoisotopic (exact) mass is 225 g/mol. The first-order chi connectivity index (χ1) is 5.95. The van der Waals surface area contributed by atoms with E-state index in [0.29, 0.717) is 0 Å². The van der Waals surface area contributed by atoms with E-state index in [1.807, 2.05) is 0 Å². The van der Waals surface area contributed by atoms with Crippen LogP contribution < -0.4 is 5.73 Å². The number of halogens is 4. The van der Waals surface area contributed by atoms with Crippen LogP contribution in [0.5, 0.6) is 0 Å². The van der Waals surface area contributed by atoms with Gasteiger partial charge < -0.3 is 5.73 Å². The molecule has 1 rings (SSSR count). The van der Waals surface area contributed by atoms with Crippen molar-refractivity contribution in [2.75, 3.05) is 6.54 Å². The lowest BCUT2D eigenvalue weighted by Crippen LogP contribution is -2.24. The fraction of sp³-hybridized carbons (Fsp3) is 0.250. The van der Waals surface area contributed by atoms with Gasteiger partial charge in [-0.05, 0) is 18.2 Å². The van der Waals surface area contributed by atoms with Gasteiger partial charge in [0.1, 0.15) is 0 Å². The quantitative estimate of drug-likeness (QED) is 0.823. The summed E-state index contributed by atoms with van der Waals surface area (Å²) in [5.41, 5.74) is 4.65. The Morgan fingerprint density at radius 1 is 1.15 bits per heavy atom. The lowest BCUT2D eigenvalue weighted by atomic mass is 10.1. The van der Waals surface area contributed by atoms with Crippen molar-refractivity contribution >= 4 is 23.2 Å². The highest BCUT2D eigenvalue weighted by Gasteiger charge is 2.29. The van der Waals surface area contributed by atoms with Gasteiger partial charge in [-0.15, -0.1) is 0 Å². The third kappa shape index (κ3) is 2.53. The van der Waals surface area contributed by atoms with Crippen LogP contribution in [-0.2, 0) is 5.92 Å². The van der Waals surface area contributed by atoms with E-state index in [1.165, 1.54) is 6.07 Å². The summed E-state index contributed by atoms with van der Waals surface area (Å²) >= 11 is 11.1. The summed E-state index contributed by atoms with van der Waals surface area (Å²) in [7, 11) is 0. The van der Waals surface area contributed by atoms with Gasteiger partial charge in [-0.1, -0.05) is 23.2 Å². The molecular formula is C8H7Cl2F2N. The van der Waals surface area contributed by atoms with Crippen LogP contribution in [0.3, 0.4) is 0 Å². The molecule has 2 N–H and O–H groups in total. The molecule has 0 heterocycles. The van der Waals surface area contributed by atoms with Crippen LogP contribution in [0.2, 0.25) is 10.0 Å². The van der Waals surface area contributed by atoms with Crippen LogP contribution in [0.25, 0.3) is 0 Å². The zero-order valence-electron chi connectivity index (χ0n) is 6.53. The number of benzene rings is 1. The van der Waals surface area contributed by atoms with Crippen LogP contribution in [-0.4, -0.2) is 6.54 Å². The highest BCUT2D eigenvalue weighted by Crippen LogP contribution is 2.30. The normalized spacial score (nSPS) is 11.8. The molecule has 0 aliphatic rings. The fourth-order valence-corrected chi connectivity index (χ4v) is 1.41. The smallest absolute Gasteiger partial charge is 0.285 e. The van der Waals surface area contributed by atoms with Crippen molar-refractivity contribution in [1.82, 2.24) is 0 Å². The zero-order chi connectivity index (χ0) is 10.1. The third-order valence-corrected chi connectivity index (χ3v) is 1.98. The minimum absolute atomic E-state index is 0.177. The van der Waals surface area contributed by atoms with Gasteiger partial charge in [0.2, 0.25) is 0 Å². The summed E-state index contributed by atoms with van der Waals surface area (Å²) in [5.74, 6) is -3.07. The van der Waals surface area contributed by atoms with E-state index >= 15 is 0 Å². The molecule has 0 aromatic heterocycles. The number of nitrogens with two attached hydrogens (primary N) is 1. The molecule has 0 amide bonds. The van der Waals surface area contributed by atoms with Crippen molar-refractivity contribution in [2.45, 2.75) is 5.92 Å². The molecule has 0 bridgehead atoms. The average Bonchev–Trinajstić information content (AvgIpc) is 2.02. The van der Waals surface area contributed by atoms with Crippen molar-refractivity contribution in [1.29, 1.82) is 0 Å². The predicted molar refractivity (Wildman–Crippen MR) is 49.4 cm³/mol. The molecule has 72 valence electrons. The maximum Gasteiger partial charge on any atom is 0.285 e. The maximum absolute atomic E-state index is 13.0. The summed E-state index contributed by atoms with van der Waals surface area (Å²) < 4.78 is 26.0. The van der Waals surface area contributed by atoms with E-state index in [4.69, 9.17) is 28.9 Å². The summed E-state index contributed by atoms with van der Waals surface area (Å²) in [6.45, 7) is -0.760. The average molecular weight is 226 g/mol. The summed E-state index contributed by atoms with van der Waals surface area (Å²) in [4.78, 5) is 0. The topological polar surface area (TPSA) is 26.0 Å². The second-order valence-corrected chi connectivity index (χ2v) is 3.44. The fourth-order valence-electron chi connectivity index (χ4n) is 0.883. The van der Waals surface area contributed by atoms with Gasteiger partial charge in [-0.25, -0.2) is 0 Å². The Morgan fingerprint density at radius 2 is 1.62 bits per heavy atom. The van der Waals surface area contributed by atoms with Crippen molar-refractivity contribution in [3.8, 4) is 0 Å². The molecule has 0 aliphatic heterocycles. The van der Waals surface area contributed by atoms with Gasteiger partial charge in [0.05, 0.1) is 6.54 Å². The molecule has 0 unspecified atom stereocenters. The first kappa shape index (κ1) is 10.7. The van der Waals surface area contributed by atoms with Crippen molar-refractivity contribution in [2.24, 2.45) is 5.73 Å². The Bertz CT molecular complexity index is 295. The van der Waals surface area contributed by atoms with E-state index < -0.39 is 12.5 Å². The molecule has 0 radical (unpaired) electrons. The van der Waals surface area contributed by atoms with Crippen LogP contribution in [0.1, 0.15) is 5.56 Å². The maximum atomic E-state index is 13.0. The largest absolute Gasteiger partial charge is 0.325 e. The highest BCUT2D eigenvalue weighted by molar-refractivity contribution is 6.34. The molecule has 0 atom stereocenters. The highest BCUT2D eigenvalue weighted by atomic mass is 35.5. The van der Waals surface area contributed by atoms with Crippen LogP contribution >= 0.6 is 23.2 Å². The Hall–Kier alpha value is -0.380. The molecule has 0 saturated carbocycles. The van der Waals surface area contributed by atoms with Gasteiger partial charge in [0.25, 0.3) is 5.92 Å². The first-order valence-corrected chi connectivity index (χ1v) is 4.26. The standard InChI is InChI=1S/C8H7Cl2F2N/c9-6-1-5(2-7(10)3-6)8(11,12)4-13/h1-3H,4,13H2. The molecule has 13 heavy (non-hydrogen) atoms. The van der Waals surface area contributed by atoms with E-state index in [2.05, 4.69) is 0 Å². The lowest BCUT2D eigenvalue weighted by Gasteiger charge is -2.14. The summed E-state index contributed by atoms with van der Waals surface area (Å²) in [5, 5.41) is 0.353. The first-order valence-electron chi connectivity index (χ1n) is 3.50. The van der Waals surface area contributed by atoms with Crippen LogP contribution in [0.15, 0.2) is 18.2 Å². The minimum Gasteiger partial charge on any atom is -0.325 e. The molecule has 0 saturated heterocycles. The zero-order valence-corrected chi connectivity index (χ0v) is 8.04. The molecular weight excluding hydrogens is 219 g/mol. The number of alkyl halides is 2. The summed E-state index contributed by atoms with van der Waals surface area (Å²) in [6.07, 6.45) is 0. The number of rotatable bonds is 2. The Morgan fingerprint density at radius 3 is 2.00 bits per heavy atom. The van der Waals surface area contributed by atoms with E-state index in [-0.39, 0.29) is 15.6 Å². The van der Waals surface area contributed by atoms with Gasteiger partial charge in [-0.2, -0.15) is 8.78 Å². The molecule has 0 fully saturated rings. The Kier molecular flexibility index (Phi) is 3.11. The SMILES string of the molecule is NCC(F)(F)c1cc(Cl)cc(Cl)c1. The minimum atomic E-state index is -3.07. The van der Waals surface area contributed by atoms with Gasteiger partial charge in [-0.3, -0.25) is 0 Å².